The van der Waals surface area contributed by atoms with Crippen molar-refractivity contribution in [1.82, 2.24) is 10.3 Å². The molecular formula is C15H17BrN2O3. The number of hydrogen-bond acceptors (Lipinski definition) is 5. The molecule has 112 valence electrons. The summed E-state index contributed by atoms with van der Waals surface area (Å²) in [6.45, 7) is 1.28. The number of nitrogens with one attached hydrogen (secondary N) is 1. The molecule has 2 N–H and O–H groups in total. The monoisotopic (exact) mass is 352 g/mol. The third-order valence-corrected chi connectivity index (χ3v) is 3.99. The minimum absolute atomic E-state index is 0.00211. The summed E-state index contributed by atoms with van der Waals surface area (Å²) < 4.78 is 12.3. The second-order valence-electron chi connectivity index (χ2n) is 5.03. The summed E-state index contributed by atoms with van der Waals surface area (Å²) >= 11 is 3.44. The van der Waals surface area contributed by atoms with E-state index in [0.717, 1.165) is 28.8 Å². The molecule has 5 nitrogen and oxygen atoms in total. The molecule has 0 radical (unpaired) electrons. The summed E-state index contributed by atoms with van der Waals surface area (Å²) in [6, 6.07) is 5.93. The fourth-order valence-corrected chi connectivity index (χ4v) is 2.93. The van der Waals surface area contributed by atoms with Crippen LogP contribution in [-0.2, 0) is 17.9 Å². The third-order valence-electron chi connectivity index (χ3n) is 3.56. The van der Waals surface area contributed by atoms with Gasteiger partial charge in [-0.3, -0.25) is 4.98 Å². The smallest absolute Gasteiger partial charge is 0.129 e. The van der Waals surface area contributed by atoms with E-state index in [1.807, 2.05) is 18.3 Å². The summed E-state index contributed by atoms with van der Waals surface area (Å²) in [6.07, 6.45) is 4.55. The van der Waals surface area contributed by atoms with Gasteiger partial charge in [-0.25, -0.2) is 0 Å². The van der Waals surface area contributed by atoms with Crippen LogP contribution in [0.25, 0.3) is 0 Å². The van der Waals surface area contributed by atoms with Crippen LogP contribution in [0.15, 0.2) is 39.5 Å². The van der Waals surface area contributed by atoms with Gasteiger partial charge >= 0.3 is 0 Å². The zero-order chi connectivity index (χ0) is 14.7. The molecule has 0 spiro atoms. The van der Waals surface area contributed by atoms with E-state index < -0.39 is 0 Å². The van der Waals surface area contributed by atoms with Crippen LogP contribution in [0.1, 0.15) is 29.6 Å². The molecule has 2 atom stereocenters. The summed E-state index contributed by atoms with van der Waals surface area (Å²) in [5.74, 6) is 1.40. The highest BCUT2D eigenvalue weighted by Gasteiger charge is 2.29. The van der Waals surface area contributed by atoms with Crippen LogP contribution in [0.2, 0.25) is 0 Å². The Kier molecular flexibility index (Phi) is 4.70. The molecule has 0 aromatic carbocycles. The van der Waals surface area contributed by atoms with Crippen LogP contribution in [0, 0.1) is 0 Å². The second kappa shape index (κ2) is 6.70. The highest BCUT2D eigenvalue weighted by atomic mass is 79.9. The lowest BCUT2D eigenvalue weighted by Gasteiger charge is -2.19. The minimum atomic E-state index is -0.0706. The molecule has 1 aliphatic heterocycles. The van der Waals surface area contributed by atoms with Gasteiger partial charge in [0.05, 0.1) is 12.6 Å². The topological polar surface area (TPSA) is 67.5 Å². The number of aliphatic hydroxyl groups is 1. The molecule has 2 aromatic rings. The Morgan fingerprint density at radius 3 is 2.95 bits per heavy atom. The molecule has 0 unspecified atom stereocenters. The first-order valence-corrected chi connectivity index (χ1v) is 7.69. The van der Waals surface area contributed by atoms with E-state index in [4.69, 9.17) is 14.3 Å². The Hall–Kier alpha value is -1.21. The number of aromatic nitrogens is 1. The van der Waals surface area contributed by atoms with Gasteiger partial charge in [0.15, 0.2) is 0 Å². The highest BCUT2D eigenvalue weighted by Crippen LogP contribution is 2.30. The summed E-state index contributed by atoms with van der Waals surface area (Å²) in [7, 11) is 0. The molecule has 1 aliphatic rings. The summed E-state index contributed by atoms with van der Waals surface area (Å²) in [5.41, 5.74) is 1.06. The number of hydrogen-bond donors (Lipinski definition) is 2. The van der Waals surface area contributed by atoms with E-state index in [2.05, 4.69) is 26.2 Å². The quantitative estimate of drug-likeness (QED) is 0.865. The zero-order valence-corrected chi connectivity index (χ0v) is 13.0. The molecule has 1 fully saturated rings. The molecule has 0 amide bonds. The molecule has 3 heterocycles. The SMILES string of the molecule is OCc1ccc(CN[C@H]2CCO[C@@H]2c2cncc(Br)c2)o1. The fourth-order valence-electron chi connectivity index (χ4n) is 2.55. The van der Waals surface area contributed by atoms with Crippen molar-refractivity contribution in [2.24, 2.45) is 0 Å². The Bertz CT molecular complexity index is 602. The lowest BCUT2D eigenvalue weighted by molar-refractivity contribution is 0.0977. The van der Waals surface area contributed by atoms with Gasteiger partial charge in [-0.05, 0) is 40.5 Å². The highest BCUT2D eigenvalue weighted by molar-refractivity contribution is 9.10. The van der Waals surface area contributed by atoms with E-state index in [0.29, 0.717) is 12.3 Å². The Labute approximate surface area is 131 Å². The van der Waals surface area contributed by atoms with Crippen molar-refractivity contribution in [3.05, 3.63) is 52.1 Å². The maximum absolute atomic E-state index is 9.00. The Balaban J connectivity index is 1.64. The summed E-state index contributed by atoms with van der Waals surface area (Å²) in [5, 5.41) is 12.5. The van der Waals surface area contributed by atoms with Gasteiger partial charge in [-0.15, -0.1) is 0 Å². The van der Waals surface area contributed by atoms with Crippen LogP contribution in [0.3, 0.4) is 0 Å². The largest absolute Gasteiger partial charge is 0.462 e. The van der Waals surface area contributed by atoms with Crippen molar-refractivity contribution in [1.29, 1.82) is 0 Å². The number of nitrogens with zero attached hydrogens (tertiary/aromatic N) is 1. The van der Waals surface area contributed by atoms with Crippen LogP contribution in [0.5, 0.6) is 0 Å². The molecule has 21 heavy (non-hydrogen) atoms. The standard InChI is InChI=1S/C15H17BrN2O3/c16-11-5-10(6-17-7-11)15-14(3-4-20-15)18-8-12-1-2-13(9-19)21-12/h1-2,5-7,14-15,18-19H,3-4,8-9H2/t14-,15+/m0/s1. The lowest BCUT2D eigenvalue weighted by atomic mass is 10.0. The molecule has 3 rings (SSSR count). The van der Waals surface area contributed by atoms with Crippen LogP contribution in [-0.4, -0.2) is 22.7 Å². The number of pyridine rings is 1. The van der Waals surface area contributed by atoms with Gasteiger partial charge in [-0.1, -0.05) is 0 Å². The van der Waals surface area contributed by atoms with Crippen LogP contribution >= 0.6 is 15.9 Å². The second-order valence-corrected chi connectivity index (χ2v) is 5.95. The molecule has 0 bridgehead atoms. The molecule has 0 aliphatic carbocycles. The predicted octanol–water partition coefficient (Wildman–Crippen LogP) is 2.55. The number of aliphatic hydroxyl groups excluding tert-OH is 1. The minimum Gasteiger partial charge on any atom is -0.462 e. The molecule has 6 heteroatoms. The first kappa shape index (κ1) is 14.7. The van der Waals surface area contributed by atoms with Crippen LogP contribution in [0.4, 0.5) is 0 Å². The normalized spacial score (nSPS) is 21.8. The van der Waals surface area contributed by atoms with Gasteiger partial charge in [0.2, 0.25) is 0 Å². The van der Waals surface area contributed by atoms with E-state index in [-0.39, 0.29) is 18.8 Å². The van der Waals surface area contributed by atoms with E-state index in [1.165, 1.54) is 0 Å². The van der Waals surface area contributed by atoms with Gasteiger partial charge in [0.25, 0.3) is 0 Å². The Morgan fingerprint density at radius 1 is 1.33 bits per heavy atom. The van der Waals surface area contributed by atoms with Crippen molar-refractivity contribution in [2.45, 2.75) is 31.7 Å². The van der Waals surface area contributed by atoms with Gasteiger partial charge in [0, 0.05) is 35.1 Å². The van der Waals surface area contributed by atoms with E-state index in [9.17, 15) is 0 Å². The number of halogens is 1. The molecular weight excluding hydrogens is 336 g/mol. The summed E-state index contributed by atoms with van der Waals surface area (Å²) in [4.78, 5) is 4.19. The number of rotatable bonds is 5. The first-order valence-electron chi connectivity index (χ1n) is 6.90. The van der Waals surface area contributed by atoms with Crippen molar-refractivity contribution >= 4 is 15.9 Å². The van der Waals surface area contributed by atoms with Gasteiger partial charge < -0.3 is 19.6 Å². The van der Waals surface area contributed by atoms with E-state index >= 15 is 0 Å². The molecule has 1 saturated heterocycles. The molecule has 2 aromatic heterocycles. The maximum atomic E-state index is 9.00. The average Bonchev–Trinajstić information content (AvgIpc) is 3.14. The number of furan rings is 1. The van der Waals surface area contributed by atoms with Crippen molar-refractivity contribution in [3.63, 3.8) is 0 Å². The van der Waals surface area contributed by atoms with Gasteiger partial charge in [-0.2, -0.15) is 0 Å². The first-order chi connectivity index (χ1) is 10.3. The van der Waals surface area contributed by atoms with Crippen LogP contribution < -0.4 is 5.32 Å². The van der Waals surface area contributed by atoms with Crippen molar-refractivity contribution < 1.29 is 14.3 Å². The molecule has 0 saturated carbocycles. The number of ether oxygens (including phenoxy) is 1. The average molecular weight is 353 g/mol. The predicted molar refractivity (Wildman–Crippen MR) is 80.5 cm³/mol. The van der Waals surface area contributed by atoms with Gasteiger partial charge in [0.1, 0.15) is 18.1 Å². The third kappa shape index (κ3) is 3.52. The van der Waals surface area contributed by atoms with E-state index in [1.54, 1.807) is 12.3 Å². The fraction of sp³-hybridized carbons (Fsp3) is 0.400. The lowest BCUT2D eigenvalue weighted by Crippen LogP contribution is -2.31. The van der Waals surface area contributed by atoms with Crippen molar-refractivity contribution in [3.8, 4) is 0 Å². The maximum Gasteiger partial charge on any atom is 0.129 e. The van der Waals surface area contributed by atoms with Crippen molar-refractivity contribution in [2.75, 3.05) is 6.61 Å². The Morgan fingerprint density at radius 2 is 2.19 bits per heavy atom. The zero-order valence-electron chi connectivity index (χ0n) is 11.5.